The predicted octanol–water partition coefficient (Wildman–Crippen LogP) is 4.29. The van der Waals surface area contributed by atoms with Gasteiger partial charge in [0.25, 0.3) is 0 Å². The van der Waals surface area contributed by atoms with Crippen LogP contribution in [0.15, 0.2) is 42.5 Å². The summed E-state index contributed by atoms with van der Waals surface area (Å²) in [5, 5.41) is 5.34. The minimum Gasteiger partial charge on any atom is -0.486 e. The lowest BCUT2D eigenvalue weighted by atomic mass is 10.1. The van der Waals surface area contributed by atoms with Gasteiger partial charge in [0.15, 0.2) is 17.6 Å². The summed E-state index contributed by atoms with van der Waals surface area (Å²) in [7, 11) is 1.79. The Bertz CT molecular complexity index is 1130. The van der Waals surface area contributed by atoms with E-state index in [1.807, 2.05) is 67.9 Å². The molecule has 1 aliphatic rings. The monoisotopic (exact) mass is 439 g/mol. The Hall–Kier alpha value is -2.99. The van der Waals surface area contributed by atoms with Gasteiger partial charge in [-0.2, -0.15) is 5.10 Å². The van der Waals surface area contributed by atoms with E-state index in [9.17, 15) is 4.79 Å². The average Bonchev–Trinajstić information content (AvgIpc) is 3.03. The van der Waals surface area contributed by atoms with Crippen molar-refractivity contribution in [3.63, 3.8) is 0 Å². The predicted molar refractivity (Wildman–Crippen MR) is 120 cm³/mol. The van der Waals surface area contributed by atoms with Gasteiger partial charge in [0.2, 0.25) is 5.91 Å². The molecule has 162 valence electrons. The third kappa shape index (κ3) is 4.39. The molecule has 1 aromatic heterocycles. The molecule has 1 aliphatic heterocycles. The van der Waals surface area contributed by atoms with Gasteiger partial charge in [0, 0.05) is 23.3 Å². The summed E-state index contributed by atoms with van der Waals surface area (Å²) in [6.45, 7) is 6.74. The third-order valence-corrected chi connectivity index (χ3v) is 6.05. The number of aryl methyl sites for hydroxylation is 2. The second-order valence-corrected chi connectivity index (χ2v) is 8.35. The molecule has 0 saturated heterocycles. The molecule has 1 atom stereocenters. The number of carbonyl (C=O) groups is 1. The molecule has 1 unspecified atom stereocenters. The largest absolute Gasteiger partial charge is 0.486 e. The maximum atomic E-state index is 13.0. The molecule has 0 saturated carbocycles. The van der Waals surface area contributed by atoms with Crippen LogP contribution in [-0.4, -0.2) is 46.9 Å². The van der Waals surface area contributed by atoms with Crippen molar-refractivity contribution < 1.29 is 14.3 Å². The van der Waals surface area contributed by atoms with Gasteiger partial charge in [-0.25, -0.2) is 4.68 Å². The zero-order chi connectivity index (χ0) is 22.1. The van der Waals surface area contributed by atoms with Gasteiger partial charge in [-0.05, 0) is 50.6 Å². The number of likely N-dealkylation sites (N-methyl/N-ethyl adjacent to an activating group) is 1. The van der Waals surface area contributed by atoms with E-state index in [4.69, 9.17) is 21.1 Å². The van der Waals surface area contributed by atoms with E-state index in [1.165, 1.54) is 0 Å². The fraction of sp³-hybridized carbons (Fsp3) is 0.333. The molecule has 0 radical (unpaired) electrons. The van der Waals surface area contributed by atoms with E-state index in [2.05, 4.69) is 5.10 Å². The second-order valence-electron chi connectivity index (χ2n) is 7.94. The van der Waals surface area contributed by atoms with E-state index in [1.54, 1.807) is 11.9 Å². The van der Waals surface area contributed by atoms with Crippen molar-refractivity contribution in [3.05, 3.63) is 70.0 Å². The summed E-state index contributed by atoms with van der Waals surface area (Å²) in [5.74, 6) is 1.46. The highest BCUT2D eigenvalue weighted by Crippen LogP contribution is 2.31. The Kier molecular flexibility index (Phi) is 5.92. The lowest BCUT2D eigenvalue weighted by Gasteiger charge is -2.29. The van der Waals surface area contributed by atoms with E-state index >= 15 is 0 Å². The lowest BCUT2D eigenvalue weighted by Crippen LogP contribution is -2.42. The van der Waals surface area contributed by atoms with Gasteiger partial charge in [-0.3, -0.25) is 4.79 Å². The number of nitrogens with zero attached hydrogens (tertiary/aromatic N) is 3. The first-order chi connectivity index (χ1) is 14.8. The van der Waals surface area contributed by atoms with Crippen LogP contribution in [0, 0.1) is 20.8 Å². The summed E-state index contributed by atoms with van der Waals surface area (Å²) in [5.41, 5.74) is 4.60. The molecule has 0 fully saturated rings. The van der Waals surface area contributed by atoms with Gasteiger partial charge >= 0.3 is 0 Å². The number of hydrogen-bond acceptors (Lipinski definition) is 4. The van der Waals surface area contributed by atoms with E-state index < -0.39 is 0 Å². The van der Waals surface area contributed by atoms with Gasteiger partial charge < -0.3 is 14.4 Å². The number of ether oxygens (including phenoxy) is 2. The molecule has 31 heavy (non-hydrogen) atoms. The Morgan fingerprint density at radius 3 is 2.68 bits per heavy atom. The number of carbonyl (C=O) groups excluding carboxylic acids is 1. The molecule has 4 rings (SSSR count). The minimum atomic E-state index is -0.205. The van der Waals surface area contributed by atoms with Crippen LogP contribution in [0.3, 0.4) is 0 Å². The van der Waals surface area contributed by atoms with E-state index in [-0.39, 0.29) is 18.4 Å². The van der Waals surface area contributed by atoms with Crippen molar-refractivity contribution in [2.75, 3.05) is 20.2 Å². The van der Waals surface area contributed by atoms with Crippen molar-refractivity contribution in [2.45, 2.75) is 33.3 Å². The number of halogens is 1. The SMILES string of the molecule is Cc1ccc(-n2nc(C)c(CC(=O)N(C)CC3COc4ccccc4O3)c2C)cc1Cl. The minimum absolute atomic E-state index is 0.00940. The molecular formula is C24H26ClN3O3. The molecule has 0 N–H and O–H groups in total. The molecule has 2 heterocycles. The van der Waals surface area contributed by atoms with Crippen LogP contribution >= 0.6 is 11.6 Å². The summed E-state index contributed by atoms with van der Waals surface area (Å²) in [6.07, 6.45) is 0.0706. The van der Waals surface area contributed by atoms with Crippen LogP contribution < -0.4 is 9.47 Å². The highest BCUT2D eigenvalue weighted by molar-refractivity contribution is 6.31. The van der Waals surface area contributed by atoms with Crippen LogP contribution in [0.1, 0.15) is 22.5 Å². The van der Waals surface area contributed by atoms with Crippen LogP contribution in [0.2, 0.25) is 5.02 Å². The topological polar surface area (TPSA) is 56.6 Å². The van der Waals surface area contributed by atoms with Gasteiger partial charge in [0.05, 0.1) is 24.3 Å². The van der Waals surface area contributed by atoms with Crippen molar-refractivity contribution >= 4 is 17.5 Å². The number of hydrogen-bond donors (Lipinski definition) is 0. The van der Waals surface area contributed by atoms with Crippen molar-refractivity contribution in [3.8, 4) is 17.2 Å². The van der Waals surface area contributed by atoms with Gasteiger partial charge in [-0.1, -0.05) is 29.8 Å². The highest BCUT2D eigenvalue weighted by Gasteiger charge is 2.25. The lowest BCUT2D eigenvalue weighted by molar-refractivity contribution is -0.130. The van der Waals surface area contributed by atoms with Gasteiger partial charge in [-0.15, -0.1) is 0 Å². The normalized spacial score (nSPS) is 15.1. The molecule has 2 aromatic carbocycles. The van der Waals surface area contributed by atoms with E-state index in [0.717, 1.165) is 34.0 Å². The first kappa shape index (κ1) is 21.2. The summed E-state index contributed by atoms with van der Waals surface area (Å²) in [6, 6.07) is 13.4. The number of amides is 1. The molecule has 6 nitrogen and oxygen atoms in total. The molecule has 7 heteroatoms. The number of para-hydroxylation sites is 2. The summed E-state index contributed by atoms with van der Waals surface area (Å²) in [4.78, 5) is 14.6. The zero-order valence-electron chi connectivity index (χ0n) is 18.2. The van der Waals surface area contributed by atoms with Crippen LogP contribution in [0.5, 0.6) is 11.5 Å². The van der Waals surface area contributed by atoms with Crippen LogP contribution in [0.4, 0.5) is 0 Å². The molecule has 0 aliphatic carbocycles. The van der Waals surface area contributed by atoms with Crippen molar-refractivity contribution in [1.82, 2.24) is 14.7 Å². The first-order valence-corrected chi connectivity index (χ1v) is 10.7. The number of aromatic nitrogens is 2. The fourth-order valence-electron chi connectivity index (χ4n) is 3.74. The summed E-state index contributed by atoms with van der Waals surface area (Å²) < 4.78 is 13.6. The molecule has 1 amide bonds. The average molecular weight is 440 g/mol. The Morgan fingerprint density at radius 1 is 1.19 bits per heavy atom. The highest BCUT2D eigenvalue weighted by atomic mass is 35.5. The third-order valence-electron chi connectivity index (χ3n) is 5.64. The Labute approximate surface area is 187 Å². The maximum absolute atomic E-state index is 13.0. The standard InChI is InChI=1S/C24H26ClN3O3/c1-15-9-10-18(11-21(15)25)28-17(3)20(16(2)26-28)12-24(29)27(4)13-19-14-30-22-7-5-6-8-23(22)31-19/h5-11,19H,12-14H2,1-4H3. The Morgan fingerprint density at radius 2 is 1.94 bits per heavy atom. The summed E-state index contributed by atoms with van der Waals surface area (Å²) >= 11 is 6.29. The maximum Gasteiger partial charge on any atom is 0.227 e. The van der Waals surface area contributed by atoms with Gasteiger partial charge in [0.1, 0.15) is 6.61 Å². The fourth-order valence-corrected chi connectivity index (χ4v) is 3.92. The Balaban J connectivity index is 1.45. The first-order valence-electron chi connectivity index (χ1n) is 10.3. The number of fused-ring (bicyclic) bond motifs is 1. The molecule has 3 aromatic rings. The number of rotatable bonds is 5. The van der Waals surface area contributed by atoms with Crippen molar-refractivity contribution in [2.24, 2.45) is 0 Å². The van der Waals surface area contributed by atoms with Crippen LogP contribution in [-0.2, 0) is 11.2 Å². The number of benzene rings is 2. The van der Waals surface area contributed by atoms with Crippen molar-refractivity contribution in [1.29, 1.82) is 0 Å². The molecular weight excluding hydrogens is 414 g/mol. The smallest absolute Gasteiger partial charge is 0.227 e. The second kappa shape index (κ2) is 8.63. The molecule has 0 spiro atoms. The van der Waals surface area contributed by atoms with Crippen LogP contribution in [0.25, 0.3) is 5.69 Å². The van der Waals surface area contributed by atoms with E-state index in [0.29, 0.717) is 23.9 Å². The quantitative estimate of drug-likeness (QED) is 0.595. The molecule has 0 bridgehead atoms. The zero-order valence-corrected chi connectivity index (χ0v) is 18.9.